The van der Waals surface area contributed by atoms with Crippen LogP contribution in [0, 0.1) is 12.7 Å². The van der Waals surface area contributed by atoms with E-state index in [-0.39, 0.29) is 17.1 Å². The van der Waals surface area contributed by atoms with E-state index in [4.69, 9.17) is 0 Å². The number of aryl methyl sites for hydroxylation is 1. The topological polar surface area (TPSA) is 41.6 Å². The maximum Gasteiger partial charge on any atom is 0.419 e. The van der Waals surface area contributed by atoms with E-state index in [9.17, 15) is 17.6 Å². The van der Waals surface area contributed by atoms with Gasteiger partial charge in [0, 0.05) is 28.9 Å². The number of hydrogen-bond donors (Lipinski definition) is 1. The molecule has 2 aromatic heterocycles. The van der Waals surface area contributed by atoms with Gasteiger partial charge in [0.15, 0.2) is 0 Å². The predicted octanol–water partition coefficient (Wildman–Crippen LogP) is 4.09. The minimum absolute atomic E-state index is 0.215. The molecule has 3 aromatic rings. The van der Waals surface area contributed by atoms with Crippen molar-refractivity contribution >= 4 is 10.9 Å². The largest absolute Gasteiger partial charge is 0.419 e. The average molecular weight is 295 g/mol. The minimum Gasteiger partial charge on any atom is -0.360 e. The molecule has 0 atom stereocenters. The highest BCUT2D eigenvalue weighted by Gasteiger charge is 2.35. The lowest BCUT2D eigenvalue weighted by molar-refractivity contribution is -0.137. The smallest absolute Gasteiger partial charge is 0.360 e. The van der Waals surface area contributed by atoms with Crippen LogP contribution in [0.15, 0.2) is 30.6 Å². The SMILES string of the molecule is Cc1ncc(C(F)(F)F)c(-c2c[nH]c3cc(F)ccc23)n1. The lowest BCUT2D eigenvalue weighted by Gasteiger charge is -2.11. The van der Waals surface area contributed by atoms with Crippen LogP contribution in [0.4, 0.5) is 17.6 Å². The number of fused-ring (bicyclic) bond motifs is 1. The van der Waals surface area contributed by atoms with Crippen molar-refractivity contribution < 1.29 is 17.6 Å². The molecule has 7 heteroatoms. The number of H-pyrrole nitrogens is 1. The van der Waals surface area contributed by atoms with Crippen LogP contribution in [-0.2, 0) is 6.18 Å². The molecule has 2 heterocycles. The van der Waals surface area contributed by atoms with Gasteiger partial charge in [0.1, 0.15) is 17.2 Å². The van der Waals surface area contributed by atoms with Crippen LogP contribution in [0.2, 0.25) is 0 Å². The van der Waals surface area contributed by atoms with Crippen molar-refractivity contribution in [2.45, 2.75) is 13.1 Å². The van der Waals surface area contributed by atoms with Crippen LogP contribution in [0.25, 0.3) is 22.2 Å². The number of rotatable bonds is 1. The average Bonchev–Trinajstić information content (AvgIpc) is 2.79. The predicted molar refractivity (Wildman–Crippen MR) is 69.0 cm³/mol. The quantitative estimate of drug-likeness (QED) is 0.687. The van der Waals surface area contributed by atoms with E-state index in [0.717, 1.165) is 6.20 Å². The number of nitrogens with one attached hydrogen (secondary N) is 1. The first-order valence-electron chi connectivity index (χ1n) is 6.04. The van der Waals surface area contributed by atoms with E-state index in [1.165, 1.54) is 31.3 Å². The molecular weight excluding hydrogens is 286 g/mol. The molecule has 21 heavy (non-hydrogen) atoms. The molecule has 0 saturated carbocycles. The Kier molecular flexibility index (Phi) is 2.93. The summed E-state index contributed by atoms with van der Waals surface area (Å²) in [5, 5.41) is 0.472. The summed E-state index contributed by atoms with van der Waals surface area (Å²) in [7, 11) is 0. The summed E-state index contributed by atoms with van der Waals surface area (Å²) in [6.07, 6.45) is -2.41. The zero-order chi connectivity index (χ0) is 15.2. The van der Waals surface area contributed by atoms with Gasteiger partial charge in [-0.2, -0.15) is 13.2 Å². The highest BCUT2D eigenvalue weighted by Crippen LogP contribution is 2.38. The molecule has 0 aliphatic rings. The van der Waals surface area contributed by atoms with Gasteiger partial charge < -0.3 is 4.98 Å². The number of halogens is 4. The number of benzene rings is 1. The Balaban J connectivity index is 2.30. The highest BCUT2D eigenvalue weighted by atomic mass is 19.4. The molecule has 0 aliphatic carbocycles. The monoisotopic (exact) mass is 295 g/mol. The van der Waals surface area contributed by atoms with Gasteiger partial charge in [-0.3, -0.25) is 0 Å². The molecule has 1 aromatic carbocycles. The first-order valence-corrected chi connectivity index (χ1v) is 6.04. The Morgan fingerprint density at radius 1 is 1.19 bits per heavy atom. The summed E-state index contributed by atoms with van der Waals surface area (Å²) in [5.74, 6) is -0.236. The lowest BCUT2D eigenvalue weighted by Crippen LogP contribution is -2.10. The fourth-order valence-corrected chi connectivity index (χ4v) is 2.18. The van der Waals surface area contributed by atoms with Crippen LogP contribution in [-0.4, -0.2) is 15.0 Å². The van der Waals surface area contributed by atoms with Gasteiger partial charge in [-0.25, -0.2) is 14.4 Å². The van der Waals surface area contributed by atoms with Gasteiger partial charge >= 0.3 is 6.18 Å². The Morgan fingerprint density at radius 2 is 1.95 bits per heavy atom. The zero-order valence-corrected chi connectivity index (χ0v) is 10.8. The maximum absolute atomic E-state index is 13.2. The molecule has 0 saturated heterocycles. The standard InChI is InChI=1S/C14H9F4N3/c1-7-19-6-11(14(16,17)18)13(21-7)10-5-20-12-4-8(15)2-3-9(10)12/h2-6,20H,1H3. The second kappa shape index (κ2) is 4.54. The van der Waals surface area contributed by atoms with Crippen LogP contribution in [0.3, 0.4) is 0 Å². The highest BCUT2D eigenvalue weighted by molar-refractivity contribution is 5.95. The molecule has 0 aliphatic heterocycles. The summed E-state index contributed by atoms with van der Waals surface area (Å²) in [4.78, 5) is 10.3. The van der Waals surface area contributed by atoms with Crippen molar-refractivity contribution in [3.63, 3.8) is 0 Å². The van der Waals surface area contributed by atoms with Gasteiger partial charge in [0.25, 0.3) is 0 Å². The third-order valence-electron chi connectivity index (χ3n) is 3.11. The van der Waals surface area contributed by atoms with E-state index in [2.05, 4.69) is 15.0 Å². The van der Waals surface area contributed by atoms with E-state index >= 15 is 0 Å². The number of nitrogens with zero attached hydrogens (tertiary/aromatic N) is 2. The fraction of sp³-hybridized carbons (Fsp3) is 0.143. The van der Waals surface area contributed by atoms with Crippen molar-refractivity contribution in [3.05, 3.63) is 47.8 Å². The summed E-state index contributed by atoms with van der Waals surface area (Å²) in [6.45, 7) is 1.51. The van der Waals surface area contributed by atoms with Gasteiger partial charge in [-0.1, -0.05) is 0 Å². The van der Waals surface area contributed by atoms with Crippen molar-refractivity contribution in [2.24, 2.45) is 0 Å². The summed E-state index contributed by atoms with van der Waals surface area (Å²) in [6, 6.07) is 3.84. The van der Waals surface area contributed by atoms with Gasteiger partial charge in [0.05, 0.1) is 5.69 Å². The molecule has 0 radical (unpaired) electrons. The van der Waals surface area contributed by atoms with E-state index in [1.807, 2.05) is 0 Å². The second-order valence-corrected chi connectivity index (χ2v) is 4.57. The molecule has 0 unspecified atom stereocenters. The maximum atomic E-state index is 13.2. The van der Waals surface area contributed by atoms with Crippen molar-refractivity contribution in [3.8, 4) is 11.3 Å². The second-order valence-electron chi connectivity index (χ2n) is 4.57. The fourth-order valence-electron chi connectivity index (χ4n) is 2.18. The Morgan fingerprint density at radius 3 is 2.67 bits per heavy atom. The number of alkyl halides is 3. The van der Waals surface area contributed by atoms with Gasteiger partial charge in [0.2, 0.25) is 0 Å². The first-order chi connectivity index (χ1) is 9.86. The Labute approximate surface area is 116 Å². The van der Waals surface area contributed by atoms with Crippen molar-refractivity contribution in [1.82, 2.24) is 15.0 Å². The van der Waals surface area contributed by atoms with E-state index in [1.54, 1.807) is 0 Å². The summed E-state index contributed by atoms with van der Waals surface area (Å²) in [5.41, 5.74) is -0.455. The molecule has 3 rings (SSSR count). The van der Waals surface area contributed by atoms with Gasteiger partial charge in [-0.15, -0.1) is 0 Å². The van der Waals surface area contributed by atoms with Crippen molar-refractivity contribution in [2.75, 3.05) is 0 Å². The molecule has 108 valence electrons. The minimum atomic E-state index is -4.56. The molecule has 0 spiro atoms. The zero-order valence-electron chi connectivity index (χ0n) is 10.8. The number of aromatic nitrogens is 3. The molecule has 0 bridgehead atoms. The van der Waals surface area contributed by atoms with E-state index in [0.29, 0.717) is 10.9 Å². The van der Waals surface area contributed by atoms with E-state index < -0.39 is 17.6 Å². The Bertz CT molecular complexity index is 821. The number of hydrogen-bond acceptors (Lipinski definition) is 2. The summed E-state index contributed by atoms with van der Waals surface area (Å²) >= 11 is 0. The molecule has 1 N–H and O–H groups in total. The molecular formula is C14H9F4N3. The third kappa shape index (κ3) is 2.35. The third-order valence-corrected chi connectivity index (χ3v) is 3.11. The van der Waals surface area contributed by atoms with Crippen LogP contribution < -0.4 is 0 Å². The summed E-state index contributed by atoms with van der Waals surface area (Å²) < 4.78 is 52.4. The molecule has 3 nitrogen and oxygen atoms in total. The van der Waals surface area contributed by atoms with Crippen LogP contribution in [0.1, 0.15) is 11.4 Å². The lowest BCUT2D eigenvalue weighted by atomic mass is 10.1. The van der Waals surface area contributed by atoms with Crippen LogP contribution >= 0.6 is 0 Å². The Hall–Kier alpha value is -2.44. The van der Waals surface area contributed by atoms with Crippen molar-refractivity contribution in [1.29, 1.82) is 0 Å². The van der Waals surface area contributed by atoms with Gasteiger partial charge in [-0.05, 0) is 25.1 Å². The number of aromatic amines is 1. The normalized spacial score (nSPS) is 12.0. The first kappa shape index (κ1) is 13.5. The molecule has 0 fully saturated rings. The molecule has 0 amide bonds. The van der Waals surface area contributed by atoms with Crippen LogP contribution in [0.5, 0.6) is 0 Å².